The van der Waals surface area contributed by atoms with Gasteiger partial charge in [-0.15, -0.1) is 0 Å². The zero-order chi connectivity index (χ0) is 27.3. The van der Waals surface area contributed by atoms with E-state index in [2.05, 4.69) is 33.3 Å². The molecule has 7 nitrogen and oxygen atoms in total. The molecule has 39 heavy (non-hydrogen) atoms. The van der Waals surface area contributed by atoms with Crippen molar-refractivity contribution in [2.75, 3.05) is 49.6 Å². The number of carbonyl (C=O) groups excluding carboxylic acids is 2. The number of unbranched alkanes of at least 4 members (excludes halogenated alkanes) is 5. The van der Waals surface area contributed by atoms with Gasteiger partial charge in [-0.25, -0.2) is 0 Å². The Morgan fingerprint density at radius 3 is 2.54 bits per heavy atom. The second kappa shape index (κ2) is 15.7. The molecule has 0 aliphatic carbocycles. The van der Waals surface area contributed by atoms with Gasteiger partial charge in [-0.1, -0.05) is 57.2 Å². The molecule has 210 valence electrons. The van der Waals surface area contributed by atoms with Crippen LogP contribution in [0.1, 0.15) is 72.5 Å². The fourth-order valence-corrected chi connectivity index (χ4v) is 5.75. The van der Waals surface area contributed by atoms with Gasteiger partial charge in [0.05, 0.1) is 19.4 Å². The largest absolute Gasteiger partial charge is 0.465 e. The zero-order valence-corrected chi connectivity index (χ0v) is 24.0. The highest BCUT2D eigenvalue weighted by Gasteiger charge is 2.20. The van der Waals surface area contributed by atoms with Gasteiger partial charge in [0.25, 0.3) is 5.91 Å². The summed E-state index contributed by atoms with van der Waals surface area (Å²) < 4.78 is 5.47. The third-order valence-corrected chi connectivity index (χ3v) is 8.14. The monoisotopic (exact) mass is 550 g/mol. The highest BCUT2D eigenvalue weighted by atomic mass is 32.2. The van der Waals surface area contributed by atoms with Gasteiger partial charge in [-0.05, 0) is 53.8 Å². The molecular weight excluding hydrogens is 508 g/mol. The number of carbonyl (C=O) groups is 2. The first-order valence-electron chi connectivity index (χ1n) is 14.4. The minimum Gasteiger partial charge on any atom is -0.465 e. The van der Waals surface area contributed by atoms with E-state index >= 15 is 0 Å². The van der Waals surface area contributed by atoms with Crippen molar-refractivity contribution in [3.8, 4) is 0 Å². The van der Waals surface area contributed by atoms with Crippen LogP contribution in [0.25, 0.3) is 0 Å². The summed E-state index contributed by atoms with van der Waals surface area (Å²) in [7, 11) is 0. The van der Waals surface area contributed by atoms with Crippen molar-refractivity contribution in [1.82, 2.24) is 9.91 Å². The molecule has 4 rings (SSSR count). The predicted octanol–water partition coefficient (Wildman–Crippen LogP) is 5.58. The lowest BCUT2D eigenvalue weighted by atomic mass is 9.99. The lowest BCUT2D eigenvalue weighted by Gasteiger charge is -2.28. The number of nitrogens with one attached hydrogen (secondary N) is 1. The van der Waals surface area contributed by atoms with E-state index in [1.807, 2.05) is 54.4 Å². The third kappa shape index (κ3) is 9.69. The van der Waals surface area contributed by atoms with E-state index in [0.717, 1.165) is 67.2 Å². The van der Waals surface area contributed by atoms with Crippen LogP contribution in [-0.4, -0.2) is 72.3 Å². The quantitative estimate of drug-likeness (QED) is 0.199. The van der Waals surface area contributed by atoms with Gasteiger partial charge in [0.15, 0.2) is 0 Å². The highest BCUT2D eigenvalue weighted by molar-refractivity contribution is 7.99. The Morgan fingerprint density at radius 2 is 1.74 bits per heavy atom. The molecule has 1 fully saturated rings. The molecule has 0 spiro atoms. The molecule has 0 bridgehead atoms. The lowest BCUT2D eigenvalue weighted by molar-refractivity contribution is -0.145. The standard InChI is InChI=1S/C31H42N4O3S/c1-2-3-4-5-6-7-18-38-30(36)24-34-15-14-26-12-13-29(21-28(26)23-34)33-31(37)27-10-8-25(9-11-27)22-32-35-16-19-39-20-17-35/h8-13,21-22H,2-7,14-20,23-24H2,1H3,(H,33,37)/b32-22+. The minimum atomic E-state index is -0.153. The molecule has 1 saturated heterocycles. The van der Waals surface area contributed by atoms with E-state index < -0.39 is 0 Å². The molecule has 0 atom stereocenters. The van der Waals surface area contributed by atoms with Crippen LogP contribution in [-0.2, 0) is 22.5 Å². The van der Waals surface area contributed by atoms with Crippen LogP contribution >= 0.6 is 11.8 Å². The number of nitrogens with zero attached hydrogens (tertiary/aromatic N) is 3. The van der Waals surface area contributed by atoms with Gasteiger partial charge >= 0.3 is 5.97 Å². The Labute approximate surface area is 237 Å². The summed E-state index contributed by atoms with van der Waals surface area (Å²) in [5, 5.41) is 9.67. The van der Waals surface area contributed by atoms with Gasteiger partial charge < -0.3 is 10.1 Å². The summed E-state index contributed by atoms with van der Waals surface area (Å²) in [6.07, 6.45) is 9.80. The molecular formula is C31H42N4O3S. The Morgan fingerprint density at radius 1 is 0.974 bits per heavy atom. The SMILES string of the molecule is CCCCCCCCOC(=O)CN1CCc2ccc(NC(=O)c3ccc(/C=N/N4CCSCC4)cc3)cc2C1. The fourth-order valence-electron chi connectivity index (χ4n) is 4.87. The molecule has 2 aliphatic rings. The second-order valence-corrected chi connectivity index (χ2v) is 11.5. The number of thioether (sulfide) groups is 1. The number of fused-ring (bicyclic) bond motifs is 1. The smallest absolute Gasteiger partial charge is 0.320 e. The predicted molar refractivity (Wildman–Crippen MR) is 161 cm³/mol. The van der Waals surface area contributed by atoms with Crippen LogP contribution in [0.4, 0.5) is 5.69 Å². The maximum atomic E-state index is 12.9. The molecule has 1 amide bonds. The summed E-state index contributed by atoms with van der Waals surface area (Å²) in [4.78, 5) is 27.3. The summed E-state index contributed by atoms with van der Waals surface area (Å²) in [6.45, 7) is 6.48. The average Bonchev–Trinajstić information content (AvgIpc) is 2.96. The maximum absolute atomic E-state index is 12.9. The summed E-state index contributed by atoms with van der Waals surface area (Å²) in [5.74, 6) is 1.93. The zero-order valence-electron chi connectivity index (χ0n) is 23.2. The van der Waals surface area contributed by atoms with E-state index in [1.165, 1.54) is 31.2 Å². The van der Waals surface area contributed by atoms with E-state index in [-0.39, 0.29) is 11.9 Å². The topological polar surface area (TPSA) is 74.2 Å². The Hall–Kier alpha value is -2.84. The molecule has 2 heterocycles. The summed E-state index contributed by atoms with van der Waals surface area (Å²) >= 11 is 1.96. The molecule has 1 N–H and O–H groups in total. The molecule has 2 aromatic rings. The number of esters is 1. The van der Waals surface area contributed by atoms with Crippen LogP contribution in [0.2, 0.25) is 0 Å². The summed E-state index contributed by atoms with van der Waals surface area (Å²) in [6, 6.07) is 13.6. The van der Waals surface area contributed by atoms with Crippen LogP contribution in [0.3, 0.4) is 0 Å². The highest BCUT2D eigenvalue weighted by Crippen LogP contribution is 2.23. The van der Waals surface area contributed by atoms with Crippen molar-refractivity contribution in [2.24, 2.45) is 5.10 Å². The van der Waals surface area contributed by atoms with Crippen molar-refractivity contribution in [1.29, 1.82) is 0 Å². The van der Waals surface area contributed by atoms with E-state index in [1.54, 1.807) is 0 Å². The average molecular weight is 551 g/mol. The number of benzene rings is 2. The molecule has 2 aromatic carbocycles. The Kier molecular flexibility index (Phi) is 11.7. The number of ether oxygens (including phenoxy) is 1. The van der Waals surface area contributed by atoms with Crippen molar-refractivity contribution in [3.05, 3.63) is 64.7 Å². The van der Waals surface area contributed by atoms with Crippen molar-refractivity contribution in [2.45, 2.75) is 58.4 Å². The summed E-state index contributed by atoms with van der Waals surface area (Å²) in [5.41, 5.74) is 4.75. The van der Waals surface area contributed by atoms with Crippen LogP contribution in [0.5, 0.6) is 0 Å². The van der Waals surface area contributed by atoms with Crippen molar-refractivity contribution < 1.29 is 14.3 Å². The van der Waals surface area contributed by atoms with Crippen molar-refractivity contribution in [3.63, 3.8) is 0 Å². The van der Waals surface area contributed by atoms with Gasteiger partial charge in [0.1, 0.15) is 0 Å². The Bertz CT molecular complexity index is 1100. The first-order valence-corrected chi connectivity index (χ1v) is 15.5. The molecule has 0 aromatic heterocycles. The first kappa shape index (κ1) is 29.2. The third-order valence-electron chi connectivity index (χ3n) is 7.20. The number of rotatable bonds is 13. The fraction of sp³-hybridized carbons (Fsp3) is 0.516. The van der Waals surface area contributed by atoms with Gasteiger partial charge in [-0.3, -0.25) is 19.5 Å². The van der Waals surface area contributed by atoms with E-state index in [0.29, 0.717) is 25.3 Å². The number of hydrazone groups is 1. The second-order valence-electron chi connectivity index (χ2n) is 10.3. The van der Waals surface area contributed by atoms with Gasteiger partial charge in [0, 0.05) is 48.9 Å². The Balaban J connectivity index is 1.23. The molecule has 0 radical (unpaired) electrons. The van der Waals surface area contributed by atoms with Gasteiger partial charge in [-0.2, -0.15) is 16.9 Å². The minimum absolute atomic E-state index is 0.141. The molecule has 0 saturated carbocycles. The van der Waals surface area contributed by atoms with Crippen LogP contribution in [0, 0.1) is 0 Å². The lowest BCUT2D eigenvalue weighted by Crippen LogP contribution is -2.35. The van der Waals surface area contributed by atoms with E-state index in [9.17, 15) is 9.59 Å². The molecule has 2 aliphatic heterocycles. The van der Waals surface area contributed by atoms with Crippen LogP contribution < -0.4 is 5.32 Å². The number of hydrogen-bond acceptors (Lipinski definition) is 7. The maximum Gasteiger partial charge on any atom is 0.320 e. The molecule has 8 heteroatoms. The molecule has 0 unspecified atom stereocenters. The van der Waals surface area contributed by atoms with Gasteiger partial charge in [0.2, 0.25) is 0 Å². The van der Waals surface area contributed by atoms with Crippen molar-refractivity contribution >= 4 is 35.5 Å². The number of amides is 1. The van der Waals surface area contributed by atoms with Crippen LogP contribution in [0.15, 0.2) is 47.6 Å². The normalized spacial score (nSPS) is 15.8. The number of hydrogen-bond donors (Lipinski definition) is 1. The number of anilines is 1. The van der Waals surface area contributed by atoms with E-state index in [4.69, 9.17) is 4.74 Å². The first-order chi connectivity index (χ1) is 19.1.